The van der Waals surface area contributed by atoms with Crippen LogP contribution in [-0.4, -0.2) is 28.5 Å². The number of aryl methyl sites for hydroxylation is 1. The molecule has 44 heavy (non-hydrogen) atoms. The van der Waals surface area contributed by atoms with E-state index in [4.69, 9.17) is 10.2 Å². The van der Waals surface area contributed by atoms with Crippen molar-refractivity contribution < 1.29 is 20.1 Å². The van der Waals surface area contributed by atoms with Gasteiger partial charge in [-0.1, -0.05) is 101 Å². The summed E-state index contributed by atoms with van der Waals surface area (Å²) >= 11 is 0. The molecule has 6 nitrogen and oxygen atoms in total. The summed E-state index contributed by atoms with van der Waals surface area (Å²) in [5.41, 5.74) is 9.63. The average molecular weight is 744 g/mol. The van der Waals surface area contributed by atoms with E-state index in [1.54, 1.807) is 0 Å². The van der Waals surface area contributed by atoms with E-state index in [0.717, 1.165) is 49.7 Å². The summed E-state index contributed by atoms with van der Waals surface area (Å²) in [5, 5.41) is 16.9. The molecule has 0 aliphatic rings. The van der Waals surface area contributed by atoms with E-state index in [2.05, 4.69) is 138 Å². The fourth-order valence-corrected chi connectivity index (χ4v) is 7.17. The number of aromatic nitrogens is 6. The second-order valence-electron chi connectivity index (χ2n) is 11.2. The van der Waals surface area contributed by atoms with Crippen LogP contribution < -0.4 is 0 Å². The molecule has 10 rings (SSSR count). The van der Waals surface area contributed by atoms with Gasteiger partial charge in [-0.15, -0.1) is 0 Å². The normalized spacial score (nSPS) is 12.0. The molecule has 0 saturated carbocycles. The van der Waals surface area contributed by atoms with Crippen molar-refractivity contribution in [3.8, 4) is 11.4 Å². The van der Waals surface area contributed by atoms with Gasteiger partial charge in [0.05, 0.1) is 28.4 Å². The van der Waals surface area contributed by atoms with Crippen molar-refractivity contribution in [3.63, 3.8) is 0 Å². The summed E-state index contributed by atoms with van der Waals surface area (Å²) in [6.07, 6.45) is 5.32. The van der Waals surface area contributed by atoms with Crippen LogP contribution in [0.1, 0.15) is 0 Å². The number of hydrogen-bond acceptors (Lipinski definition) is 2. The van der Waals surface area contributed by atoms with Gasteiger partial charge >= 0.3 is 0 Å². The molecule has 211 valence electrons. The van der Waals surface area contributed by atoms with Gasteiger partial charge in [-0.2, -0.15) is 5.10 Å². The van der Waals surface area contributed by atoms with Crippen molar-refractivity contribution in [2.24, 2.45) is 7.05 Å². The molecule has 0 atom stereocenters. The van der Waals surface area contributed by atoms with Crippen molar-refractivity contribution in [2.75, 3.05) is 0 Å². The van der Waals surface area contributed by atoms with Gasteiger partial charge in [0.15, 0.2) is 0 Å². The SMILES string of the molecule is Cn1c2ccccc2c2cc(-n3n[c-]c4c3c3ccccc3c3c(-n5c6ccccc6c6ccccc65)cnn43)ccc21.[Ir]. The molecule has 0 saturated heterocycles. The number of benzene rings is 5. The van der Waals surface area contributed by atoms with Crippen LogP contribution in [0.5, 0.6) is 0 Å². The molecule has 0 spiro atoms. The molecule has 7 heteroatoms. The molecular weight excluding hydrogens is 721 g/mol. The molecule has 0 fully saturated rings. The van der Waals surface area contributed by atoms with Gasteiger partial charge in [-0.3, -0.25) is 9.61 Å². The van der Waals surface area contributed by atoms with E-state index >= 15 is 0 Å². The first-order valence-electron chi connectivity index (χ1n) is 14.4. The summed E-state index contributed by atoms with van der Waals surface area (Å²) in [6, 6.07) is 40.9. The van der Waals surface area contributed by atoms with Crippen LogP contribution in [0, 0.1) is 6.20 Å². The van der Waals surface area contributed by atoms with E-state index in [-0.39, 0.29) is 20.1 Å². The summed E-state index contributed by atoms with van der Waals surface area (Å²) in [4.78, 5) is 0. The zero-order valence-electron chi connectivity index (χ0n) is 23.6. The van der Waals surface area contributed by atoms with E-state index in [1.807, 2.05) is 15.4 Å². The summed E-state index contributed by atoms with van der Waals surface area (Å²) in [5.74, 6) is 0. The quantitative estimate of drug-likeness (QED) is 0.167. The monoisotopic (exact) mass is 744 g/mol. The predicted molar refractivity (Wildman–Crippen MR) is 174 cm³/mol. The van der Waals surface area contributed by atoms with Gasteiger partial charge < -0.3 is 13.8 Å². The van der Waals surface area contributed by atoms with Crippen molar-refractivity contribution in [1.82, 2.24) is 28.5 Å². The maximum Gasteiger partial charge on any atom is 0.0938 e. The third kappa shape index (κ3) is 3.17. The minimum Gasteiger partial charge on any atom is -0.344 e. The molecule has 0 N–H and O–H groups in total. The van der Waals surface area contributed by atoms with E-state index in [0.29, 0.717) is 0 Å². The first-order chi connectivity index (χ1) is 21.3. The Bertz CT molecular complexity index is 2700. The van der Waals surface area contributed by atoms with Crippen LogP contribution in [0.25, 0.3) is 82.3 Å². The van der Waals surface area contributed by atoms with Crippen molar-refractivity contribution in [1.29, 1.82) is 0 Å². The van der Waals surface area contributed by atoms with Crippen LogP contribution in [-0.2, 0) is 27.2 Å². The van der Waals surface area contributed by atoms with E-state index in [9.17, 15) is 0 Å². The van der Waals surface area contributed by atoms with E-state index < -0.39 is 0 Å². The van der Waals surface area contributed by atoms with Crippen molar-refractivity contribution in [2.45, 2.75) is 0 Å². The van der Waals surface area contributed by atoms with Crippen LogP contribution in [0.3, 0.4) is 0 Å². The average Bonchev–Trinajstić information content (AvgIpc) is 3.83. The van der Waals surface area contributed by atoms with Gasteiger partial charge in [0.1, 0.15) is 0 Å². The van der Waals surface area contributed by atoms with Gasteiger partial charge in [0.25, 0.3) is 0 Å². The minimum absolute atomic E-state index is 0. The van der Waals surface area contributed by atoms with Gasteiger partial charge in [-0.25, -0.2) is 0 Å². The Hall–Kier alpha value is -5.23. The molecule has 5 aromatic carbocycles. The second kappa shape index (κ2) is 9.13. The molecule has 0 amide bonds. The maximum absolute atomic E-state index is 4.98. The molecule has 0 aliphatic heterocycles. The van der Waals surface area contributed by atoms with Crippen molar-refractivity contribution in [3.05, 3.63) is 128 Å². The third-order valence-corrected chi connectivity index (χ3v) is 9.05. The van der Waals surface area contributed by atoms with Gasteiger partial charge in [0.2, 0.25) is 0 Å². The van der Waals surface area contributed by atoms with Crippen molar-refractivity contribution >= 4 is 70.9 Å². The number of para-hydroxylation sites is 3. The van der Waals surface area contributed by atoms with Crippen LogP contribution in [0.4, 0.5) is 0 Å². The van der Waals surface area contributed by atoms with Crippen LogP contribution in [0.15, 0.2) is 121 Å². The zero-order chi connectivity index (χ0) is 28.2. The number of fused-ring (bicyclic) bond motifs is 12. The predicted octanol–water partition coefficient (Wildman–Crippen LogP) is 8.37. The first-order valence-corrected chi connectivity index (χ1v) is 14.4. The van der Waals surface area contributed by atoms with Gasteiger partial charge in [-0.05, 0) is 41.8 Å². The first kappa shape index (κ1) is 25.3. The number of pyridine rings is 1. The Morgan fingerprint density at radius 1 is 0.568 bits per heavy atom. The fraction of sp³-hybridized carbons (Fsp3) is 0.0270. The van der Waals surface area contributed by atoms with Crippen LogP contribution >= 0.6 is 0 Å². The minimum atomic E-state index is 0. The summed E-state index contributed by atoms with van der Waals surface area (Å²) < 4.78 is 8.61. The number of rotatable bonds is 2. The molecule has 5 heterocycles. The largest absolute Gasteiger partial charge is 0.344 e. The summed E-state index contributed by atoms with van der Waals surface area (Å²) in [6.45, 7) is 0. The molecule has 0 aliphatic carbocycles. The van der Waals surface area contributed by atoms with Crippen LogP contribution in [0.2, 0.25) is 0 Å². The molecule has 0 bridgehead atoms. The number of hydrogen-bond donors (Lipinski definition) is 0. The van der Waals surface area contributed by atoms with E-state index in [1.165, 1.54) is 32.6 Å². The third-order valence-electron chi connectivity index (χ3n) is 9.05. The second-order valence-corrected chi connectivity index (χ2v) is 11.2. The molecule has 0 unspecified atom stereocenters. The Morgan fingerprint density at radius 3 is 1.80 bits per heavy atom. The fourth-order valence-electron chi connectivity index (χ4n) is 7.17. The molecular formula is C37H23IrN6-. The molecule has 1 radical (unpaired) electrons. The Kier molecular flexibility index (Phi) is 5.25. The topological polar surface area (TPSA) is 45.0 Å². The Morgan fingerprint density at radius 2 is 1.11 bits per heavy atom. The maximum atomic E-state index is 4.98. The standard InChI is InChI=1S/C37H23N6.Ir/c1-40-30-15-7-4-12-26(30)29-20-23(18-19-31(29)40)42-37-28-14-3-2-13-27(28)36-34(21-39-43(36)35(37)22-38-42)41-32-16-8-5-10-24(32)25-11-6-9-17-33(25)41;/h2-21H,1H3;/q-1;. The molecule has 10 aromatic rings. The Labute approximate surface area is 264 Å². The smallest absolute Gasteiger partial charge is 0.0938 e. The number of nitrogens with zero attached hydrogens (tertiary/aromatic N) is 6. The Balaban J connectivity index is 0.00000270. The summed E-state index contributed by atoms with van der Waals surface area (Å²) in [7, 11) is 2.12. The van der Waals surface area contributed by atoms with Gasteiger partial charge in [0, 0.05) is 65.4 Å². The zero-order valence-corrected chi connectivity index (χ0v) is 26.0. The molecule has 5 aromatic heterocycles.